The summed E-state index contributed by atoms with van der Waals surface area (Å²) in [5.74, 6) is -1.61. The van der Waals surface area contributed by atoms with E-state index in [4.69, 9.17) is 4.74 Å². The number of carbonyl (C=O) groups is 3. The predicted octanol–water partition coefficient (Wildman–Crippen LogP) is 0.0195. The Morgan fingerprint density at radius 3 is 2.84 bits per heavy atom. The van der Waals surface area contributed by atoms with E-state index in [-0.39, 0.29) is 19.1 Å². The third-order valence-electron chi connectivity index (χ3n) is 4.36. The van der Waals surface area contributed by atoms with E-state index in [9.17, 15) is 19.5 Å². The van der Waals surface area contributed by atoms with Crippen molar-refractivity contribution in [1.29, 1.82) is 0 Å². The van der Waals surface area contributed by atoms with Crippen molar-refractivity contribution in [3.05, 3.63) is 24.3 Å². The summed E-state index contributed by atoms with van der Waals surface area (Å²) in [7, 11) is 0. The number of hydrogen-bond donors (Lipinski definition) is 3. The maximum atomic E-state index is 12.0. The number of ether oxygens (including phenoxy) is 1. The minimum atomic E-state index is -1.12. The second kappa shape index (κ2) is 7.20. The van der Waals surface area contributed by atoms with E-state index in [0.717, 1.165) is 6.42 Å². The predicted molar refractivity (Wildman–Crippen MR) is 90.1 cm³/mol. The van der Waals surface area contributed by atoms with E-state index < -0.39 is 17.4 Å². The molecule has 1 aromatic rings. The van der Waals surface area contributed by atoms with Gasteiger partial charge in [-0.05, 0) is 24.6 Å². The van der Waals surface area contributed by atoms with Gasteiger partial charge in [0.15, 0.2) is 0 Å². The first-order valence-corrected chi connectivity index (χ1v) is 8.27. The average molecular weight is 347 g/mol. The molecule has 1 aromatic carbocycles. The van der Waals surface area contributed by atoms with Gasteiger partial charge in [-0.2, -0.15) is 0 Å². The van der Waals surface area contributed by atoms with Crippen molar-refractivity contribution < 1.29 is 24.2 Å². The molecule has 2 fully saturated rings. The standard InChI is InChI=1S/C17H21N3O5/c21-14-5-2-7-20(14)13-4-1-3-12(9-13)19-16(23)15(22)18-10-17(24)6-8-25-11-17/h1,3-4,9,24H,2,5-8,10-11H2,(H,18,22)(H,19,23)/t17-/m1/s1. The van der Waals surface area contributed by atoms with Crippen LogP contribution in [0.1, 0.15) is 19.3 Å². The van der Waals surface area contributed by atoms with Crippen molar-refractivity contribution in [2.45, 2.75) is 24.9 Å². The SMILES string of the molecule is O=C(NC[C@]1(O)CCOC1)C(=O)Nc1cccc(N2CCCC2=O)c1. The second-order valence-corrected chi connectivity index (χ2v) is 6.36. The molecule has 3 amide bonds. The topological polar surface area (TPSA) is 108 Å². The minimum Gasteiger partial charge on any atom is -0.386 e. The van der Waals surface area contributed by atoms with Crippen LogP contribution in [0.4, 0.5) is 11.4 Å². The first-order chi connectivity index (χ1) is 12.0. The molecule has 0 unspecified atom stereocenters. The quantitative estimate of drug-likeness (QED) is 0.666. The number of anilines is 2. The van der Waals surface area contributed by atoms with Crippen LogP contribution in [0.3, 0.4) is 0 Å². The first-order valence-electron chi connectivity index (χ1n) is 8.27. The van der Waals surface area contributed by atoms with Gasteiger partial charge in [-0.3, -0.25) is 14.4 Å². The number of hydrogen-bond acceptors (Lipinski definition) is 5. The van der Waals surface area contributed by atoms with Gasteiger partial charge in [0.05, 0.1) is 6.61 Å². The number of nitrogens with one attached hydrogen (secondary N) is 2. The zero-order valence-corrected chi connectivity index (χ0v) is 13.8. The fourth-order valence-corrected chi connectivity index (χ4v) is 2.92. The summed E-state index contributed by atoms with van der Waals surface area (Å²) in [5.41, 5.74) is 0.00443. The van der Waals surface area contributed by atoms with Gasteiger partial charge in [0, 0.05) is 43.9 Å². The highest BCUT2D eigenvalue weighted by atomic mass is 16.5. The van der Waals surface area contributed by atoms with Crippen LogP contribution >= 0.6 is 0 Å². The van der Waals surface area contributed by atoms with Crippen LogP contribution in [0.2, 0.25) is 0 Å². The molecule has 0 radical (unpaired) electrons. The third-order valence-corrected chi connectivity index (χ3v) is 4.36. The summed E-state index contributed by atoms with van der Waals surface area (Å²) in [4.78, 5) is 37.4. The van der Waals surface area contributed by atoms with Crippen molar-refractivity contribution in [2.75, 3.05) is 36.5 Å². The Bertz CT molecular complexity index is 685. The molecule has 1 atom stereocenters. The van der Waals surface area contributed by atoms with Gasteiger partial charge >= 0.3 is 11.8 Å². The highest BCUT2D eigenvalue weighted by Crippen LogP contribution is 2.24. The number of carbonyl (C=O) groups excluding carboxylic acids is 3. The average Bonchev–Trinajstić information content (AvgIpc) is 3.22. The molecule has 3 rings (SSSR count). The molecule has 0 aliphatic carbocycles. The van der Waals surface area contributed by atoms with E-state index in [1.807, 2.05) is 0 Å². The zero-order valence-electron chi connectivity index (χ0n) is 13.8. The fraction of sp³-hybridized carbons (Fsp3) is 0.471. The molecule has 134 valence electrons. The van der Waals surface area contributed by atoms with Crippen LogP contribution in [0.5, 0.6) is 0 Å². The lowest BCUT2D eigenvalue weighted by Crippen LogP contribution is -2.46. The van der Waals surface area contributed by atoms with Gasteiger partial charge in [0.1, 0.15) is 5.60 Å². The highest BCUT2D eigenvalue weighted by Gasteiger charge is 2.33. The van der Waals surface area contributed by atoms with Crippen LogP contribution in [0.25, 0.3) is 0 Å². The second-order valence-electron chi connectivity index (χ2n) is 6.36. The molecule has 3 N–H and O–H groups in total. The molecule has 0 spiro atoms. The summed E-state index contributed by atoms with van der Waals surface area (Å²) in [6.07, 6.45) is 1.75. The molecular formula is C17H21N3O5. The summed E-state index contributed by atoms with van der Waals surface area (Å²) in [6.45, 7) is 1.18. The number of benzene rings is 1. The molecule has 2 aliphatic rings. The number of nitrogens with zero attached hydrogens (tertiary/aromatic N) is 1. The Morgan fingerprint density at radius 1 is 1.32 bits per heavy atom. The Labute approximate surface area is 145 Å². The van der Waals surface area contributed by atoms with Gasteiger partial charge in [-0.15, -0.1) is 0 Å². The lowest BCUT2D eigenvalue weighted by atomic mass is 10.0. The third kappa shape index (κ3) is 4.15. The van der Waals surface area contributed by atoms with Crippen molar-refractivity contribution >= 4 is 29.1 Å². The molecule has 2 saturated heterocycles. The number of amides is 3. The van der Waals surface area contributed by atoms with Crippen molar-refractivity contribution in [3.8, 4) is 0 Å². The Morgan fingerprint density at radius 2 is 2.16 bits per heavy atom. The largest absolute Gasteiger partial charge is 0.386 e. The van der Waals surface area contributed by atoms with E-state index in [1.165, 1.54) is 0 Å². The Balaban J connectivity index is 1.57. The summed E-state index contributed by atoms with van der Waals surface area (Å²) in [5, 5.41) is 15.0. The van der Waals surface area contributed by atoms with E-state index >= 15 is 0 Å². The van der Waals surface area contributed by atoms with Gasteiger partial charge in [-0.25, -0.2) is 0 Å². The van der Waals surface area contributed by atoms with Crippen LogP contribution < -0.4 is 15.5 Å². The molecule has 8 heteroatoms. The van der Waals surface area contributed by atoms with Crippen molar-refractivity contribution in [1.82, 2.24) is 5.32 Å². The molecule has 2 heterocycles. The van der Waals surface area contributed by atoms with Gasteiger partial charge < -0.3 is 25.4 Å². The molecule has 0 saturated carbocycles. The van der Waals surface area contributed by atoms with Gasteiger partial charge in [0.25, 0.3) is 0 Å². The minimum absolute atomic E-state index is 0.0401. The lowest BCUT2D eigenvalue weighted by molar-refractivity contribution is -0.136. The molecular weight excluding hydrogens is 326 g/mol. The molecule has 0 aromatic heterocycles. The van der Waals surface area contributed by atoms with E-state index in [0.29, 0.717) is 37.4 Å². The maximum Gasteiger partial charge on any atom is 0.313 e. The van der Waals surface area contributed by atoms with E-state index in [1.54, 1.807) is 29.2 Å². The Kier molecular flexibility index (Phi) is 5.00. The van der Waals surface area contributed by atoms with Crippen molar-refractivity contribution in [3.63, 3.8) is 0 Å². The maximum absolute atomic E-state index is 12.0. The van der Waals surface area contributed by atoms with E-state index in [2.05, 4.69) is 10.6 Å². The molecule has 25 heavy (non-hydrogen) atoms. The summed E-state index contributed by atoms with van der Waals surface area (Å²) < 4.78 is 5.09. The molecule has 0 bridgehead atoms. The highest BCUT2D eigenvalue weighted by molar-refractivity contribution is 6.39. The molecule has 8 nitrogen and oxygen atoms in total. The number of aliphatic hydroxyl groups is 1. The Hall–Kier alpha value is -2.45. The van der Waals surface area contributed by atoms with Crippen LogP contribution in [-0.4, -0.2) is 54.7 Å². The van der Waals surface area contributed by atoms with Crippen LogP contribution in [-0.2, 0) is 19.1 Å². The van der Waals surface area contributed by atoms with Crippen molar-refractivity contribution in [2.24, 2.45) is 0 Å². The monoisotopic (exact) mass is 347 g/mol. The first kappa shape index (κ1) is 17.4. The zero-order chi connectivity index (χ0) is 17.9. The van der Waals surface area contributed by atoms with Crippen LogP contribution in [0, 0.1) is 0 Å². The molecule has 2 aliphatic heterocycles. The summed E-state index contributed by atoms with van der Waals surface area (Å²) >= 11 is 0. The fourth-order valence-electron chi connectivity index (χ4n) is 2.92. The smallest absolute Gasteiger partial charge is 0.313 e. The summed E-state index contributed by atoms with van der Waals surface area (Å²) in [6, 6.07) is 6.81. The van der Waals surface area contributed by atoms with Crippen LogP contribution in [0.15, 0.2) is 24.3 Å². The number of rotatable bonds is 4. The van der Waals surface area contributed by atoms with Gasteiger partial charge in [-0.1, -0.05) is 6.07 Å². The normalized spacial score (nSPS) is 22.9. The lowest BCUT2D eigenvalue weighted by Gasteiger charge is -2.20. The van der Waals surface area contributed by atoms with Gasteiger partial charge in [0.2, 0.25) is 5.91 Å².